The summed E-state index contributed by atoms with van der Waals surface area (Å²) in [6, 6.07) is 10.5. The molecule has 0 spiro atoms. The summed E-state index contributed by atoms with van der Waals surface area (Å²) < 4.78 is 0. The monoisotopic (exact) mass is 217 g/mol. The van der Waals surface area contributed by atoms with Crippen molar-refractivity contribution < 1.29 is 0 Å². The van der Waals surface area contributed by atoms with E-state index in [1.807, 2.05) is 0 Å². The molecule has 1 nitrogen and oxygen atoms in total. The van der Waals surface area contributed by atoms with Crippen molar-refractivity contribution in [2.24, 2.45) is 0 Å². The Bertz CT molecular complexity index is 315. The Morgan fingerprint density at radius 2 is 1.94 bits per heavy atom. The van der Waals surface area contributed by atoms with Crippen molar-refractivity contribution >= 4 is 0 Å². The first-order chi connectivity index (χ1) is 7.79. The number of rotatable bonds is 3. The van der Waals surface area contributed by atoms with Gasteiger partial charge >= 0.3 is 0 Å². The number of hydrogen-bond acceptors (Lipinski definition) is 1. The van der Waals surface area contributed by atoms with Gasteiger partial charge in [0.25, 0.3) is 0 Å². The maximum Gasteiger partial charge on any atom is 0.0322 e. The zero-order valence-electron chi connectivity index (χ0n) is 10.5. The standard InChI is InChI=1S/C15H23N/c1-3-5-13-8-10-14(11-9-13)15-7-4-6-12(2)16-15/h8-12,15-16H,3-7H2,1-2H3. The van der Waals surface area contributed by atoms with Crippen molar-refractivity contribution in [1.82, 2.24) is 5.32 Å². The van der Waals surface area contributed by atoms with E-state index in [0.29, 0.717) is 12.1 Å². The normalized spacial score (nSPS) is 25.6. The van der Waals surface area contributed by atoms with Gasteiger partial charge in [-0.3, -0.25) is 0 Å². The van der Waals surface area contributed by atoms with E-state index in [4.69, 9.17) is 0 Å². The summed E-state index contributed by atoms with van der Waals surface area (Å²) in [6.45, 7) is 4.52. The van der Waals surface area contributed by atoms with Crippen LogP contribution in [0.5, 0.6) is 0 Å². The molecule has 1 heteroatoms. The molecular weight excluding hydrogens is 194 g/mol. The van der Waals surface area contributed by atoms with Crippen molar-refractivity contribution in [2.45, 2.75) is 58.0 Å². The molecule has 1 heterocycles. The Labute approximate surface area is 99.3 Å². The fraction of sp³-hybridized carbons (Fsp3) is 0.600. The molecule has 0 amide bonds. The second kappa shape index (κ2) is 5.49. The molecule has 1 aromatic carbocycles. The summed E-state index contributed by atoms with van der Waals surface area (Å²) in [5, 5.41) is 3.68. The van der Waals surface area contributed by atoms with Crippen LogP contribution in [0.15, 0.2) is 24.3 Å². The summed E-state index contributed by atoms with van der Waals surface area (Å²) in [4.78, 5) is 0. The molecule has 1 aromatic rings. The molecule has 2 atom stereocenters. The first-order valence-electron chi connectivity index (χ1n) is 6.64. The second-order valence-electron chi connectivity index (χ2n) is 5.04. The number of hydrogen-bond donors (Lipinski definition) is 1. The van der Waals surface area contributed by atoms with Crippen molar-refractivity contribution in [3.63, 3.8) is 0 Å². The van der Waals surface area contributed by atoms with E-state index >= 15 is 0 Å². The molecule has 0 aliphatic carbocycles. The SMILES string of the molecule is CCCc1ccc(C2CCCC(C)N2)cc1. The minimum absolute atomic E-state index is 0.583. The fourth-order valence-corrected chi connectivity index (χ4v) is 2.61. The van der Waals surface area contributed by atoms with Crippen LogP contribution in [0.3, 0.4) is 0 Å². The van der Waals surface area contributed by atoms with Crippen LogP contribution in [0, 0.1) is 0 Å². The molecule has 2 unspecified atom stereocenters. The predicted octanol–water partition coefficient (Wildman–Crippen LogP) is 3.84. The third-order valence-electron chi connectivity index (χ3n) is 3.54. The highest BCUT2D eigenvalue weighted by atomic mass is 15.0. The van der Waals surface area contributed by atoms with Crippen LogP contribution in [-0.2, 0) is 6.42 Å². The topological polar surface area (TPSA) is 12.0 Å². The minimum atomic E-state index is 0.583. The molecule has 88 valence electrons. The first-order valence-corrected chi connectivity index (χ1v) is 6.64. The zero-order valence-corrected chi connectivity index (χ0v) is 10.5. The second-order valence-corrected chi connectivity index (χ2v) is 5.04. The molecule has 0 saturated carbocycles. The van der Waals surface area contributed by atoms with Crippen LogP contribution < -0.4 is 5.32 Å². The van der Waals surface area contributed by atoms with E-state index < -0.39 is 0 Å². The third-order valence-corrected chi connectivity index (χ3v) is 3.54. The lowest BCUT2D eigenvalue weighted by Gasteiger charge is -2.29. The Balaban J connectivity index is 2.03. The van der Waals surface area contributed by atoms with Crippen molar-refractivity contribution in [1.29, 1.82) is 0 Å². The van der Waals surface area contributed by atoms with E-state index in [2.05, 4.69) is 43.4 Å². The molecule has 1 N–H and O–H groups in total. The number of piperidine rings is 1. The van der Waals surface area contributed by atoms with E-state index in [1.54, 1.807) is 0 Å². The van der Waals surface area contributed by atoms with Crippen LogP contribution in [-0.4, -0.2) is 6.04 Å². The molecule has 0 bridgehead atoms. The van der Waals surface area contributed by atoms with Gasteiger partial charge < -0.3 is 5.32 Å². The highest BCUT2D eigenvalue weighted by molar-refractivity contribution is 5.25. The lowest BCUT2D eigenvalue weighted by molar-refractivity contribution is 0.341. The van der Waals surface area contributed by atoms with E-state index in [0.717, 1.165) is 0 Å². The van der Waals surface area contributed by atoms with Gasteiger partial charge in [0.2, 0.25) is 0 Å². The average Bonchev–Trinajstić information content (AvgIpc) is 2.30. The summed E-state index contributed by atoms with van der Waals surface area (Å²) in [7, 11) is 0. The van der Waals surface area contributed by atoms with Gasteiger partial charge in [0.15, 0.2) is 0 Å². The van der Waals surface area contributed by atoms with Crippen LogP contribution >= 0.6 is 0 Å². The molecule has 0 radical (unpaired) electrons. The van der Waals surface area contributed by atoms with Gasteiger partial charge in [0, 0.05) is 12.1 Å². The van der Waals surface area contributed by atoms with Gasteiger partial charge in [0.05, 0.1) is 0 Å². The average molecular weight is 217 g/mol. The van der Waals surface area contributed by atoms with Gasteiger partial charge in [-0.15, -0.1) is 0 Å². The van der Waals surface area contributed by atoms with Gasteiger partial charge in [-0.2, -0.15) is 0 Å². The summed E-state index contributed by atoms with van der Waals surface area (Å²) in [5.74, 6) is 0. The fourth-order valence-electron chi connectivity index (χ4n) is 2.61. The van der Waals surface area contributed by atoms with E-state index in [-0.39, 0.29) is 0 Å². The molecular formula is C15H23N. The van der Waals surface area contributed by atoms with Gasteiger partial charge in [-0.1, -0.05) is 44.0 Å². The minimum Gasteiger partial charge on any atom is -0.307 e. The van der Waals surface area contributed by atoms with Gasteiger partial charge in [-0.25, -0.2) is 0 Å². The van der Waals surface area contributed by atoms with Gasteiger partial charge in [0.1, 0.15) is 0 Å². The van der Waals surface area contributed by atoms with Crippen molar-refractivity contribution in [2.75, 3.05) is 0 Å². The molecule has 1 aliphatic heterocycles. The highest BCUT2D eigenvalue weighted by Crippen LogP contribution is 2.25. The molecule has 1 saturated heterocycles. The quantitative estimate of drug-likeness (QED) is 0.811. The Morgan fingerprint density at radius 1 is 1.19 bits per heavy atom. The Morgan fingerprint density at radius 3 is 2.56 bits per heavy atom. The summed E-state index contributed by atoms with van der Waals surface area (Å²) in [6.07, 6.45) is 6.41. The molecule has 16 heavy (non-hydrogen) atoms. The molecule has 1 fully saturated rings. The number of nitrogens with one attached hydrogen (secondary N) is 1. The van der Waals surface area contributed by atoms with Crippen molar-refractivity contribution in [3.8, 4) is 0 Å². The molecule has 2 rings (SSSR count). The van der Waals surface area contributed by atoms with Crippen molar-refractivity contribution in [3.05, 3.63) is 35.4 Å². The van der Waals surface area contributed by atoms with Crippen LogP contribution in [0.25, 0.3) is 0 Å². The maximum absolute atomic E-state index is 3.68. The molecule has 1 aliphatic rings. The smallest absolute Gasteiger partial charge is 0.0322 e. The zero-order chi connectivity index (χ0) is 11.4. The number of benzene rings is 1. The summed E-state index contributed by atoms with van der Waals surface area (Å²) in [5.41, 5.74) is 2.93. The van der Waals surface area contributed by atoms with Crippen LogP contribution in [0.2, 0.25) is 0 Å². The largest absolute Gasteiger partial charge is 0.307 e. The summed E-state index contributed by atoms with van der Waals surface area (Å²) >= 11 is 0. The predicted molar refractivity (Wildman–Crippen MR) is 69.6 cm³/mol. The van der Waals surface area contributed by atoms with E-state index in [9.17, 15) is 0 Å². The lowest BCUT2D eigenvalue weighted by Crippen LogP contribution is -2.34. The Hall–Kier alpha value is -0.820. The first kappa shape index (κ1) is 11.7. The van der Waals surface area contributed by atoms with Crippen LogP contribution in [0.4, 0.5) is 0 Å². The highest BCUT2D eigenvalue weighted by Gasteiger charge is 2.18. The molecule has 0 aromatic heterocycles. The number of aryl methyl sites for hydroxylation is 1. The third kappa shape index (κ3) is 2.85. The van der Waals surface area contributed by atoms with E-state index in [1.165, 1.54) is 43.2 Å². The maximum atomic E-state index is 3.68. The Kier molecular flexibility index (Phi) is 4.00. The lowest BCUT2D eigenvalue weighted by atomic mass is 9.93. The van der Waals surface area contributed by atoms with Crippen LogP contribution in [0.1, 0.15) is 56.7 Å². The van der Waals surface area contributed by atoms with Gasteiger partial charge in [-0.05, 0) is 37.3 Å².